The number of alkyl halides is 3. The molecule has 136 valence electrons. The van der Waals surface area contributed by atoms with E-state index < -0.39 is 18.7 Å². The van der Waals surface area contributed by atoms with Crippen molar-refractivity contribution in [1.82, 2.24) is 4.57 Å². The summed E-state index contributed by atoms with van der Waals surface area (Å²) in [6.45, 7) is 2.90. The predicted molar refractivity (Wildman–Crippen MR) is 94.5 cm³/mol. The molecule has 0 spiro atoms. The Kier molecular flexibility index (Phi) is 4.52. The number of hydrogen-bond donors (Lipinski definition) is 1. The summed E-state index contributed by atoms with van der Waals surface area (Å²) in [5.74, 6) is -0.920. The molecule has 6 heteroatoms. The van der Waals surface area contributed by atoms with Gasteiger partial charge in [-0.15, -0.1) is 0 Å². The zero-order chi connectivity index (χ0) is 19.1. The van der Waals surface area contributed by atoms with Crippen LogP contribution in [0.3, 0.4) is 0 Å². The highest BCUT2D eigenvalue weighted by Crippen LogP contribution is 2.31. The first-order valence-electron chi connectivity index (χ1n) is 8.19. The Labute approximate surface area is 148 Å². The van der Waals surface area contributed by atoms with Crippen LogP contribution in [0.4, 0.5) is 13.2 Å². The normalized spacial score (nSPS) is 12.1. The Balaban J connectivity index is 2.17. The Hall–Kier alpha value is -2.76. The second kappa shape index (κ2) is 6.52. The monoisotopic (exact) mass is 361 g/mol. The molecule has 1 N–H and O–H groups in total. The lowest BCUT2D eigenvalue weighted by molar-refractivity contribution is -0.139. The summed E-state index contributed by atoms with van der Waals surface area (Å²) in [5, 5.41) is 9.58. The van der Waals surface area contributed by atoms with E-state index in [1.165, 1.54) is 0 Å². The van der Waals surface area contributed by atoms with Crippen LogP contribution in [0.25, 0.3) is 22.0 Å². The van der Waals surface area contributed by atoms with Gasteiger partial charge in [-0.1, -0.05) is 50.2 Å². The van der Waals surface area contributed by atoms with E-state index >= 15 is 0 Å². The van der Waals surface area contributed by atoms with Crippen molar-refractivity contribution in [3.8, 4) is 11.1 Å². The Morgan fingerprint density at radius 3 is 2.42 bits per heavy atom. The van der Waals surface area contributed by atoms with Crippen LogP contribution < -0.4 is 0 Å². The van der Waals surface area contributed by atoms with Gasteiger partial charge >= 0.3 is 12.1 Å². The van der Waals surface area contributed by atoms with Crippen LogP contribution in [0, 0.1) is 0 Å². The number of rotatable bonds is 4. The molecule has 3 rings (SSSR count). The Morgan fingerprint density at radius 2 is 1.81 bits per heavy atom. The summed E-state index contributed by atoms with van der Waals surface area (Å²) in [4.78, 5) is 11.4. The predicted octanol–water partition coefficient (Wildman–Crippen LogP) is 5.69. The fourth-order valence-corrected chi connectivity index (χ4v) is 3.04. The zero-order valence-electron chi connectivity index (χ0n) is 14.3. The molecule has 0 fully saturated rings. The quantitative estimate of drug-likeness (QED) is 0.648. The zero-order valence-corrected chi connectivity index (χ0v) is 14.3. The molecule has 1 heterocycles. The molecule has 0 atom stereocenters. The van der Waals surface area contributed by atoms with Gasteiger partial charge in [0.25, 0.3) is 0 Å². The molecule has 0 radical (unpaired) electrons. The molecule has 2 aromatic carbocycles. The number of aromatic nitrogens is 1. The maximum Gasteiger partial charge on any atom is 0.406 e. The lowest BCUT2D eigenvalue weighted by Gasteiger charge is -2.11. The first-order valence-corrected chi connectivity index (χ1v) is 8.19. The number of nitrogens with zero attached hydrogens (tertiary/aromatic N) is 1. The van der Waals surface area contributed by atoms with E-state index in [1.807, 2.05) is 24.3 Å². The Morgan fingerprint density at radius 1 is 1.12 bits per heavy atom. The van der Waals surface area contributed by atoms with Crippen molar-refractivity contribution in [3.63, 3.8) is 0 Å². The van der Waals surface area contributed by atoms with Gasteiger partial charge in [-0.3, -0.25) is 0 Å². The molecular formula is C20H18F3NO2. The van der Waals surface area contributed by atoms with E-state index in [2.05, 4.69) is 13.8 Å². The van der Waals surface area contributed by atoms with Gasteiger partial charge in [0.1, 0.15) is 6.54 Å². The average Bonchev–Trinajstić information content (AvgIpc) is 2.91. The first-order chi connectivity index (χ1) is 12.2. The third-order valence-corrected chi connectivity index (χ3v) is 4.35. The van der Waals surface area contributed by atoms with Crippen LogP contribution in [0.1, 0.15) is 35.7 Å². The minimum Gasteiger partial charge on any atom is -0.478 e. The maximum atomic E-state index is 12.9. The molecule has 0 saturated heterocycles. The van der Waals surface area contributed by atoms with Crippen molar-refractivity contribution in [3.05, 3.63) is 59.8 Å². The molecule has 3 nitrogen and oxygen atoms in total. The highest BCUT2D eigenvalue weighted by atomic mass is 19.4. The van der Waals surface area contributed by atoms with E-state index in [0.29, 0.717) is 11.3 Å². The van der Waals surface area contributed by atoms with Crippen molar-refractivity contribution in [2.75, 3.05) is 0 Å². The van der Waals surface area contributed by atoms with E-state index in [0.717, 1.165) is 27.5 Å². The molecule has 1 aromatic heterocycles. The van der Waals surface area contributed by atoms with Gasteiger partial charge in [-0.05, 0) is 28.7 Å². The molecule has 0 unspecified atom stereocenters. The molecule has 26 heavy (non-hydrogen) atoms. The second-order valence-electron chi connectivity index (χ2n) is 6.60. The highest BCUT2D eigenvalue weighted by Gasteiger charge is 2.29. The van der Waals surface area contributed by atoms with Crippen molar-refractivity contribution in [1.29, 1.82) is 0 Å². The van der Waals surface area contributed by atoms with Crippen LogP contribution in [-0.2, 0) is 6.54 Å². The summed E-state index contributed by atoms with van der Waals surface area (Å²) in [5.41, 5.74) is 2.88. The summed E-state index contributed by atoms with van der Waals surface area (Å²) >= 11 is 0. The number of halogens is 3. The lowest BCUT2D eigenvalue weighted by atomic mass is 9.97. The largest absolute Gasteiger partial charge is 0.478 e. The van der Waals surface area contributed by atoms with E-state index in [9.17, 15) is 23.1 Å². The number of hydrogen-bond acceptors (Lipinski definition) is 1. The minimum absolute atomic E-state index is 0.133. The van der Waals surface area contributed by atoms with Gasteiger partial charge in [0.2, 0.25) is 0 Å². The lowest BCUT2D eigenvalue weighted by Crippen LogP contribution is -2.16. The van der Waals surface area contributed by atoms with Gasteiger partial charge in [0.15, 0.2) is 0 Å². The summed E-state index contributed by atoms with van der Waals surface area (Å²) in [7, 11) is 0. The number of carboxylic acid groups (broad SMARTS) is 1. The molecule has 0 amide bonds. The Bertz CT molecular complexity index is 971. The van der Waals surface area contributed by atoms with E-state index in [1.54, 1.807) is 18.2 Å². The van der Waals surface area contributed by atoms with Crippen molar-refractivity contribution in [2.24, 2.45) is 0 Å². The van der Waals surface area contributed by atoms with Gasteiger partial charge in [0.05, 0.1) is 5.56 Å². The van der Waals surface area contributed by atoms with Crippen molar-refractivity contribution < 1.29 is 23.1 Å². The number of benzene rings is 2. The average molecular weight is 361 g/mol. The van der Waals surface area contributed by atoms with Crippen LogP contribution in [0.15, 0.2) is 48.7 Å². The standard InChI is InChI=1S/C20H18F3NO2/c1-12(2)13-4-3-5-14(8-13)15-6-7-16-17(19(25)26)10-24(18(16)9-15)11-20(21,22)23/h3-10,12H,11H2,1-2H3,(H,25,26). The molecular weight excluding hydrogens is 343 g/mol. The summed E-state index contributed by atoms with van der Waals surface area (Å²) in [6, 6.07) is 12.7. The van der Waals surface area contributed by atoms with E-state index in [4.69, 9.17) is 0 Å². The number of carboxylic acids is 1. The number of carbonyl (C=O) groups is 1. The molecule has 0 bridgehead atoms. The number of fused-ring (bicyclic) bond motifs is 1. The minimum atomic E-state index is -4.44. The van der Waals surface area contributed by atoms with Crippen LogP contribution in [0.5, 0.6) is 0 Å². The molecule has 0 aliphatic carbocycles. The molecule has 0 saturated carbocycles. The summed E-state index contributed by atoms with van der Waals surface area (Å²) < 4.78 is 39.6. The van der Waals surface area contributed by atoms with Crippen LogP contribution in [0.2, 0.25) is 0 Å². The van der Waals surface area contributed by atoms with Crippen molar-refractivity contribution in [2.45, 2.75) is 32.5 Å². The number of aromatic carboxylic acids is 1. The van der Waals surface area contributed by atoms with E-state index in [-0.39, 0.29) is 11.1 Å². The third-order valence-electron chi connectivity index (χ3n) is 4.35. The SMILES string of the molecule is CC(C)c1cccc(-c2ccc3c(C(=O)O)cn(CC(F)(F)F)c3c2)c1. The topological polar surface area (TPSA) is 42.2 Å². The smallest absolute Gasteiger partial charge is 0.406 e. The maximum absolute atomic E-state index is 12.9. The fourth-order valence-electron chi connectivity index (χ4n) is 3.04. The second-order valence-corrected chi connectivity index (χ2v) is 6.60. The van der Waals surface area contributed by atoms with Crippen molar-refractivity contribution >= 4 is 16.9 Å². The molecule has 0 aliphatic rings. The third kappa shape index (κ3) is 3.59. The van der Waals surface area contributed by atoms with Crippen LogP contribution >= 0.6 is 0 Å². The van der Waals surface area contributed by atoms with Gasteiger partial charge in [0, 0.05) is 17.1 Å². The van der Waals surface area contributed by atoms with Crippen LogP contribution in [-0.4, -0.2) is 21.8 Å². The molecule has 0 aliphatic heterocycles. The molecule has 3 aromatic rings. The summed E-state index contributed by atoms with van der Waals surface area (Å²) in [6.07, 6.45) is -3.38. The fraction of sp³-hybridized carbons (Fsp3) is 0.250. The van der Waals surface area contributed by atoms with Gasteiger partial charge in [-0.25, -0.2) is 4.79 Å². The van der Waals surface area contributed by atoms with Gasteiger partial charge in [-0.2, -0.15) is 13.2 Å². The first kappa shape index (κ1) is 18.0. The highest BCUT2D eigenvalue weighted by molar-refractivity contribution is 6.04. The van der Waals surface area contributed by atoms with Gasteiger partial charge < -0.3 is 9.67 Å².